The van der Waals surface area contributed by atoms with Crippen LogP contribution in [0.5, 0.6) is 0 Å². The molecule has 1 N–H and O–H groups in total. The zero-order valence-electron chi connectivity index (χ0n) is 14.9. The third kappa shape index (κ3) is 3.29. The van der Waals surface area contributed by atoms with Crippen molar-refractivity contribution in [3.63, 3.8) is 0 Å². The van der Waals surface area contributed by atoms with Gasteiger partial charge < -0.3 is 0 Å². The van der Waals surface area contributed by atoms with Crippen molar-refractivity contribution in [1.29, 1.82) is 0 Å². The molecule has 1 unspecified atom stereocenters. The lowest BCUT2D eigenvalue weighted by atomic mass is 10.0. The van der Waals surface area contributed by atoms with Crippen molar-refractivity contribution in [3.8, 4) is 0 Å². The van der Waals surface area contributed by atoms with Gasteiger partial charge in [0.1, 0.15) is 10.6 Å². The Kier molecular flexibility index (Phi) is 5.38. The second kappa shape index (κ2) is 7.37. The number of aromatic nitrogens is 2. The quantitative estimate of drug-likeness (QED) is 0.745. The van der Waals surface area contributed by atoms with Crippen LogP contribution in [0.1, 0.15) is 62.1 Å². The van der Waals surface area contributed by atoms with E-state index in [1.165, 1.54) is 11.3 Å². The molecule has 0 bridgehead atoms. The van der Waals surface area contributed by atoms with E-state index in [-0.39, 0.29) is 16.7 Å². The zero-order valence-corrected chi connectivity index (χ0v) is 16.5. The number of carbonyl (C=O) groups excluding carboxylic acids is 2. The Morgan fingerprint density at radius 1 is 1.40 bits per heavy atom. The van der Waals surface area contributed by atoms with E-state index in [4.69, 9.17) is 0 Å². The summed E-state index contributed by atoms with van der Waals surface area (Å²) in [5.41, 5.74) is 4.07. The first-order chi connectivity index (χ1) is 12.0. The molecular formula is C17H24N4O2S2. The highest BCUT2D eigenvalue weighted by atomic mass is 32.2. The molecule has 2 amide bonds. The smallest absolute Gasteiger partial charge is 0.286 e. The van der Waals surface area contributed by atoms with E-state index >= 15 is 0 Å². The van der Waals surface area contributed by atoms with Crippen LogP contribution < -0.4 is 5.43 Å². The number of imidazole rings is 1. The van der Waals surface area contributed by atoms with Crippen molar-refractivity contribution >= 4 is 39.9 Å². The summed E-state index contributed by atoms with van der Waals surface area (Å²) >= 11 is 3.13. The van der Waals surface area contributed by atoms with Crippen molar-refractivity contribution in [2.24, 2.45) is 0 Å². The predicted molar refractivity (Wildman–Crippen MR) is 102 cm³/mol. The fourth-order valence-electron chi connectivity index (χ4n) is 3.31. The van der Waals surface area contributed by atoms with Crippen LogP contribution in [0.25, 0.3) is 4.96 Å². The Balaban J connectivity index is 1.83. The molecule has 8 heteroatoms. The van der Waals surface area contributed by atoms with E-state index in [2.05, 4.69) is 24.3 Å². The number of nitrogens with zero attached hydrogens (tertiary/aromatic N) is 3. The molecule has 0 aliphatic carbocycles. The van der Waals surface area contributed by atoms with Crippen molar-refractivity contribution in [3.05, 3.63) is 23.0 Å². The van der Waals surface area contributed by atoms with Gasteiger partial charge in [0.2, 0.25) is 0 Å². The number of amides is 2. The summed E-state index contributed by atoms with van der Waals surface area (Å²) in [7, 11) is 0. The monoisotopic (exact) mass is 380 g/mol. The average Bonchev–Trinajstić information content (AvgIpc) is 3.23. The standard InChI is InChI=1S/C17H24N4O2S2/c1-4-6-7-8-17(5-2)21(13(22)11-25-17)19-15(23)14-12(3)18-16-20(14)9-10-24-16/h9-10H,4-8,11H2,1-3H3,(H,19,23). The van der Waals surface area contributed by atoms with Gasteiger partial charge in [-0.25, -0.2) is 9.99 Å². The normalized spacial score (nSPS) is 20.6. The van der Waals surface area contributed by atoms with Crippen LogP contribution in [-0.2, 0) is 4.79 Å². The van der Waals surface area contributed by atoms with Gasteiger partial charge in [-0.2, -0.15) is 0 Å². The summed E-state index contributed by atoms with van der Waals surface area (Å²) in [5.74, 6) is 0.118. The topological polar surface area (TPSA) is 66.7 Å². The molecular weight excluding hydrogens is 356 g/mol. The lowest BCUT2D eigenvalue weighted by Crippen LogP contribution is -2.54. The molecule has 0 radical (unpaired) electrons. The van der Waals surface area contributed by atoms with Gasteiger partial charge in [-0.3, -0.25) is 19.4 Å². The second-order valence-corrected chi connectivity index (χ2v) is 8.53. The van der Waals surface area contributed by atoms with Crippen LogP contribution in [0.3, 0.4) is 0 Å². The first kappa shape index (κ1) is 18.3. The third-order valence-corrected chi connectivity index (χ3v) is 7.07. The van der Waals surface area contributed by atoms with E-state index in [0.717, 1.165) is 37.1 Å². The number of hydrazine groups is 1. The molecule has 3 rings (SSSR count). The van der Waals surface area contributed by atoms with Crippen molar-refractivity contribution in [2.45, 2.75) is 57.7 Å². The lowest BCUT2D eigenvalue weighted by molar-refractivity contribution is -0.133. The maximum atomic E-state index is 12.9. The number of thiazole rings is 1. The van der Waals surface area contributed by atoms with E-state index < -0.39 is 0 Å². The van der Waals surface area contributed by atoms with Gasteiger partial charge in [0.15, 0.2) is 4.96 Å². The molecule has 25 heavy (non-hydrogen) atoms. The first-order valence-corrected chi connectivity index (χ1v) is 10.6. The molecule has 1 saturated heterocycles. The summed E-state index contributed by atoms with van der Waals surface area (Å²) in [6.07, 6.45) is 6.87. The van der Waals surface area contributed by atoms with Gasteiger partial charge in [-0.15, -0.1) is 23.1 Å². The number of unbranched alkanes of at least 4 members (excludes halogenated alkanes) is 2. The van der Waals surface area contributed by atoms with Gasteiger partial charge in [0.25, 0.3) is 11.8 Å². The summed E-state index contributed by atoms with van der Waals surface area (Å²) in [6, 6.07) is 0. The van der Waals surface area contributed by atoms with E-state index in [9.17, 15) is 9.59 Å². The highest BCUT2D eigenvalue weighted by Gasteiger charge is 2.45. The number of nitrogens with one attached hydrogen (secondary N) is 1. The van der Waals surface area contributed by atoms with Crippen molar-refractivity contribution in [1.82, 2.24) is 19.8 Å². The molecule has 2 aromatic rings. The number of hydrogen-bond donors (Lipinski definition) is 1. The highest BCUT2D eigenvalue weighted by molar-refractivity contribution is 8.01. The van der Waals surface area contributed by atoms with Crippen LogP contribution in [0.15, 0.2) is 11.6 Å². The first-order valence-electron chi connectivity index (χ1n) is 8.72. The number of aryl methyl sites for hydroxylation is 1. The van der Waals surface area contributed by atoms with Crippen molar-refractivity contribution < 1.29 is 9.59 Å². The Labute approximate surface area is 156 Å². The Hall–Kier alpha value is -1.54. The van der Waals surface area contributed by atoms with Crippen LogP contribution in [0.2, 0.25) is 0 Å². The third-order valence-electron chi connectivity index (χ3n) is 4.71. The Bertz CT molecular complexity index is 785. The summed E-state index contributed by atoms with van der Waals surface area (Å²) in [5, 5.41) is 3.48. The highest BCUT2D eigenvalue weighted by Crippen LogP contribution is 2.42. The van der Waals surface area contributed by atoms with E-state index in [0.29, 0.717) is 17.1 Å². The number of carbonyl (C=O) groups is 2. The van der Waals surface area contributed by atoms with Crippen molar-refractivity contribution in [2.75, 3.05) is 5.75 Å². The molecule has 136 valence electrons. The van der Waals surface area contributed by atoms with Gasteiger partial charge in [-0.1, -0.05) is 33.1 Å². The van der Waals surface area contributed by atoms with E-state index in [1.807, 2.05) is 18.5 Å². The van der Waals surface area contributed by atoms with Crippen LogP contribution in [0.4, 0.5) is 0 Å². The Morgan fingerprint density at radius 3 is 2.92 bits per heavy atom. The van der Waals surface area contributed by atoms with Gasteiger partial charge in [-0.05, 0) is 19.8 Å². The summed E-state index contributed by atoms with van der Waals surface area (Å²) in [4.78, 5) is 30.2. The maximum absolute atomic E-state index is 12.9. The molecule has 2 aromatic heterocycles. The Morgan fingerprint density at radius 2 is 2.20 bits per heavy atom. The van der Waals surface area contributed by atoms with Crippen LogP contribution in [0, 0.1) is 6.92 Å². The molecule has 0 spiro atoms. The molecule has 0 aromatic carbocycles. The molecule has 6 nitrogen and oxygen atoms in total. The largest absolute Gasteiger partial charge is 0.288 e. The average molecular weight is 381 g/mol. The fourth-order valence-corrected chi connectivity index (χ4v) is 5.36. The number of fused-ring (bicyclic) bond motifs is 1. The lowest BCUT2D eigenvalue weighted by Gasteiger charge is -2.36. The maximum Gasteiger partial charge on any atom is 0.288 e. The SMILES string of the molecule is CCCCCC1(CC)SCC(=O)N1NC(=O)c1c(C)nc2sccn12. The second-order valence-electron chi connectivity index (χ2n) is 6.32. The number of rotatable bonds is 7. The molecule has 1 fully saturated rings. The minimum atomic E-state index is -0.339. The molecule has 3 heterocycles. The molecule has 1 atom stereocenters. The van der Waals surface area contributed by atoms with Gasteiger partial charge >= 0.3 is 0 Å². The zero-order chi connectivity index (χ0) is 18.0. The predicted octanol–water partition coefficient (Wildman–Crippen LogP) is 3.61. The van der Waals surface area contributed by atoms with E-state index in [1.54, 1.807) is 21.2 Å². The minimum absolute atomic E-state index is 0.0274. The molecule has 1 aliphatic heterocycles. The fraction of sp³-hybridized carbons (Fsp3) is 0.588. The number of hydrogen-bond acceptors (Lipinski definition) is 5. The van der Waals surface area contributed by atoms with Gasteiger partial charge in [0.05, 0.1) is 11.4 Å². The molecule has 0 saturated carbocycles. The van der Waals surface area contributed by atoms with Crippen LogP contribution in [-0.4, -0.2) is 36.8 Å². The summed E-state index contributed by atoms with van der Waals surface area (Å²) < 4.78 is 1.79. The van der Waals surface area contributed by atoms with Crippen LogP contribution >= 0.6 is 23.1 Å². The summed E-state index contributed by atoms with van der Waals surface area (Å²) in [6.45, 7) is 6.07. The molecule has 1 aliphatic rings. The van der Waals surface area contributed by atoms with Gasteiger partial charge in [0, 0.05) is 11.6 Å². The minimum Gasteiger partial charge on any atom is -0.286 e. The number of thioether (sulfide) groups is 1.